The smallest absolute Gasteiger partial charge is 0.426 e. The van der Waals surface area contributed by atoms with E-state index < -0.39 is 60.5 Å². The minimum atomic E-state index is -4.21. The fourth-order valence-electron chi connectivity index (χ4n) is 7.50. The van der Waals surface area contributed by atoms with Gasteiger partial charge in [0, 0.05) is 36.4 Å². The molecule has 414 valence electrons. The quantitative estimate of drug-likeness (QED) is 0.0168. The highest BCUT2D eigenvalue weighted by Crippen LogP contribution is 2.36. The third-order valence-corrected chi connectivity index (χ3v) is 11.5. The molecule has 0 unspecified atom stereocenters. The summed E-state index contributed by atoms with van der Waals surface area (Å²) in [6.07, 6.45) is -11.2. The van der Waals surface area contributed by atoms with Crippen LogP contribution in [0.4, 0.5) is 55.3 Å². The van der Waals surface area contributed by atoms with E-state index in [1.807, 2.05) is 0 Å². The molecule has 0 aliphatic rings. The summed E-state index contributed by atoms with van der Waals surface area (Å²) in [6, 6.07) is 30.6. The third kappa shape index (κ3) is 19.8. The van der Waals surface area contributed by atoms with E-state index >= 15 is 17.6 Å². The number of hydrogen-bond donors (Lipinski definition) is 2. The first-order valence-corrected chi connectivity index (χ1v) is 24.4. The number of benzene rings is 6. The molecule has 10 nitrogen and oxygen atoms in total. The summed E-state index contributed by atoms with van der Waals surface area (Å²) in [6.45, 7) is -0.172. The Bertz CT molecular complexity index is 2750. The van der Waals surface area contributed by atoms with Crippen LogP contribution in [0.1, 0.15) is 84.7 Å². The molecule has 4 N–H and O–H groups in total. The van der Waals surface area contributed by atoms with Gasteiger partial charge < -0.3 is 39.9 Å². The zero-order chi connectivity index (χ0) is 56.4. The summed E-state index contributed by atoms with van der Waals surface area (Å²) in [7, 11) is 0. The molecular formula is C58H54F10N2O8. The highest BCUT2D eigenvalue weighted by Gasteiger charge is 2.36. The molecule has 0 radical (unpaired) electrons. The minimum absolute atomic E-state index is 0.0122. The minimum Gasteiger partial charge on any atom is -0.494 e. The van der Waals surface area contributed by atoms with E-state index in [2.05, 4.69) is 0 Å². The molecule has 0 heterocycles. The van der Waals surface area contributed by atoms with Gasteiger partial charge in [-0.25, -0.2) is 9.59 Å². The van der Waals surface area contributed by atoms with Crippen LogP contribution >= 0.6 is 0 Å². The molecular weight excluding hydrogens is 1040 g/mol. The van der Waals surface area contributed by atoms with Gasteiger partial charge in [0.25, 0.3) is 0 Å². The van der Waals surface area contributed by atoms with Crippen molar-refractivity contribution in [1.29, 1.82) is 0 Å². The van der Waals surface area contributed by atoms with Gasteiger partial charge in [-0.3, -0.25) is 0 Å². The summed E-state index contributed by atoms with van der Waals surface area (Å²) >= 11 is 0. The highest BCUT2D eigenvalue weighted by atomic mass is 19.4. The van der Waals surface area contributed by atoms with Gasteiger partial charge in [-0.05, 0) is 181 Å². The number of nitrogen functional groups attached to an aromatic ring is 2. The van der Waals surface area contributed by atoms with Crippen LogP contribution in [-0.2, 0) is 44.5 Å². The van der Waals surface area contributed by atoms with E-state index in [-0.39, 0.29) is 50.8 Å². The van der Waals surface area contributed by atoms with E-state index in [4.69, 9.17) is 39.9 Å². The Labute approximate surface area is 443 Å². The number of unbranched alkanes of at least 4 members (excludes halogenated alkanes) is 4. The van der Waals surface area contributed by atoms with E-state index in [9.17, 15) is 35.9 Å². The van der Waals surface area contributed by atoms with Gasteiger partial charge in [-0.1, -0.05) is 36.4 Å². The average Bonchev–Trinajstić information content (AvgIpc) is 3.44. The van der Waals surface area contributed by atoms with Crippen molar-refractivity contribution < 1.29 is 81.9 Å². The molecule has 0 fully saturated rings. The summed E-state index contributed by atoms with van der Waals surface area (Å²) in [4.78, 5) is 25.8. The Morgan fingerprint density at radius 3 is 1.12 bits per heavy atom. The van der Waals surface area contributed by atoms with Crippen LogP contribution in [0.3, 0.4) is 0 Å². The Hall–Kier alpha value is -8.16. The number of alkyl halides is 10. The summed E-state index contributed by atoms with van der Waals surface area (Å²) in [5, 5.41) is 0. The number of rotatable bonds is 27. The maximum absolute atomic E-state index is 15.1. The second kappa shape index (κ2) is 27.2. The largest absolute Gasteiger partial charge is 0.494 e. The predicted molar refractivity (Wildman–Crippen MR) is 273 cm³/mol. The Kier molecular flexibility index (Phi) is 20.6. The number of halogens is 10. The van der Waals surface area contributed by atoms with Gasteiger partial charge in [0.05, 0.1) is 24.3 Å². The van der Waals surface area contributed by atoms with Crippen molar-refractivity contribution in [1.82, 2.24) is 0 Å². The lowest BCUT2D eigenvalue weighted by Gasteiger charge is -2.18. The first-order valence-electron chi connectivity index (χ1n) is 24.4. The zero-order valence-electron chi connectivity index (χ0n) is 41.7. The third-order valence-electron chi connectivity index (χ3n) is 11.5. The Morgan fingerprint density at radius 1 is 0.423 bits per heavy atom. The van der Waals surface area contributed by atoms with Crippen LogP contribution in [0, 0.1) is 0 Å². The number of carbonyl (C=O) groups is 2. The number of anilines is 2. The second-order valence-electron chi connectivity index (χ2n) is 17.7. The topological polar surface area (TPSA) is 142 Å². The van der Waals surface area contributed by atoms with E-state index in [1.54, 1.807) is 36.4 Å². The molecule has 6 aromatic carbocycles. The molecule has 0 aliphatic heterocycles. The lowest BCUT2D eigenvalue weighted by Crippen LogP contribution is -2.21. The van der Waals surface area contributed by atoms with Crippen LogP contribution in [0.25, 0.3) is 23.3 Å². The molecule has 78 heavy (non-hydrogen) atoms. The molecule has 0 atom stereocenters. The van der Waals surface area contributed by atoms with E-state index in [1.165, 1.54) is 84.9 Å². The molecule has 6 rings (SSSR count). The number of hydrogen-bond acceptors (Lipinski definition) is 10. The van der Waals surface area contributed by atoms with Crippen molar-refractivity contribution in [3.05, 3.63) is 179 Å². The van der Waals surface area contributed by atoms with Crippen molar-refractivity contribution in [2.24, 2.45) is 0 Å². The molecule has 0 aromatic heterocycles. The molecule has 6 aromatic rings. The number of carbonyl (C=O) groups excluding carboxylic acids is 2. The monoisotopic (exact) mass is 1100 g/mol. The van der Waals surface area contributed by atoms with Crippen molar-refractivity contribution in [2.75, 3.05) is 24.7 Å². The van der Waals surface area contributed by atoms with Crippen LogP contribution in [0.15, 0.2) is 146 Å². The van der Waals surface area contributed by atoms with Crippen molar-refractivity contribution in [3.8, 4) is 34.1 Å². The maximum atomic E-state index is 15.1. The zero-order valence-corrected chi connectivity index (χ0v) is 41.7. The van der Waals surface area contributed by atoms with Crippen LogP contribution in [0.5, 0.6) is 23.0 Å². The lowest BCUT2D eigenvalue weighted by atomic mass is 9.95. The Balaban J connectivity index is 0.969. The number of nitrogens with two attached hydrogens (primary N) is 2. The normalized spacial score (nSPS) is 12.2. The van der Waals surface area contributed by atoms with Gasteiger partial charge in [0.15, 0.2) is 0 Å². The van der Waals surface area contributed by atoms with Crippen molar-refractivity contribution in [3.63, 3.8) is 0 Å². The molecule has 0 saturated heterocycles. The van der Waals surface area contributed by atoms with Crippen molar-refractivity contribution >= 4 is 35.5 Å². The van der Waals surface area contributed by atoms with E-state index in [0.29, 0.717) is 81.9 Å². The molecule has 20 heteroatoms. The predicted octanol–water partition coefficient (Wildman–Crippen LogP) is 15.3. The summed E-state index contributed by atoms with van der Waals surface area (Å²) < 4.78 is 166. The Morgan fingerprint density at radius 2 is 0.769 bits per heavy atom. The SMILES string of the molecule is Nc1ccc(-c2ccc(N)cc2COC(=O)/C=C/c2ccc(C(F)(F)Oc3ccc(OCCCCCC(F)(F)F)cc3)cc2)c(COC(=O)/C=C/c2ccc(C(F)(F)Oc3ccc(OCCCCCC(F)(F)F)cc3)cc2)c1. The molecule has 0 spiro atoms. The standard InChI is InChI=1S/C58H54F10N2O8/c59-55(60,61)31-3-1-5-33-73-47-19-23-49(24-20-47)77-57(65,66)43-13-7-39(8-14-43)11-29-53(71)75-37-41-35-45(69)17-27-51(41)52-28-18-46(70)36-42(52)38-76-54(72)30-12-40-9-15-44(16-10-40)58(67,68)78-50-25-21-48(22-26-50)74-34-6-2-4-32-56(62,63)64/h7-30,35-36H,1-6,31-34,37-38,69-70H2/b29-11+,30-12+. The van der Waals surface area contributed by atoms with Gasteiger partial charge in [-0.2, -0.15) is 43.9 Å². The number of ether oxygens (including phenoxy) is 6. The van der Waals surface area contributed by atoms with Gasteiger partial charge in [0.2, 0.25) is 0 Å². The van der Waals surface area contributed by atoms with Crippen LogP contribution in [0.2, 0.25) is 0 Å². The lowest BCUT2D eigenvalue weighted by molar-refractivity contribution is -0.186. The second-order valence-corrected chi connectivity index (χ2v) is 17.7. The summed E-state index contributed by atoms with van der Waals surface area (Å²) in [5.74, 6) is -1.16. The molecule has 0 saturated carbocycles. The van der Waals surface area contributed by atoms with Crippen LogP contribution < -0.4 is 30.4 Å². The van der Waals surface area contributed by atoms with E-state index in [0.717, 1.165) is 36.4 Å². The summed E-state index contributed by atoms with van der Waals surface area (Å²) in [5.41, 5.74) is 14.9. The fourth-order valence-corrected chi connectivity index (χ4v) is 7.50. The van der Waals surface area contributed by atoms with Gasteiger partial charge in [-0.15, -0.1) is 0 Å². The molecule has 0 aliphatic carbocycles. The van der Waals surface area contributed by atoms with Gasteiger partial charge >= 0.3 is 36.5 Å². The maximum Gasteiger partial charge on any atom is 0.426 e. The first-order chi connectivity index (χ1) is 37.0. The van der Waals surface area contributed by atoms with Crippen molar-refractivity contribution in [2.45, 2.75) is 89.2 Å². The van der Waals surface area contributed by atoms with Crippen LogP contribution in [-0.4, -0.2) is 37.5 Å². The fraction of sp³-hybridized carbons (Fsp3) is 0.276. The average molecular weight is 1100 g/mol. The van der Waals surface area contributed by atoms with Gasteiger partial charge in [0.1, 0.15) is 36.2 Å². The molecule has 0 bridgehead atoms. The highest BCUT2D eigenvalue weighted by molar-refractivity contribution is 5.88. The first kappa shape index (κ1) is 59.1. The number of esters is 2. The molecule has 0 amide bonds.